The van der Waals surface area contributed by atoms with Crippen LogP contribution in [0.1, 0.15) is 31.9 Å². The molecule has 2 aromatic rings. The smallest absolute Gasteiger partial charge is 0.387 e. The number of nitrogens with two attached hydrogens (primary N) is 1. The summed E-state index contributed by atoms with van der Waals surface area (Å²) >= 11 is 0. The Hall–Kier alpha value is -2.11. The summed E-state index contributed by atoms with van der Waals surface area (Å²) in [5.41, 5.74) is 8.05. The van der Waals surface area contributed by atoms with Crippen molar-refractivity contribution in [1.82, 2.24) is 5.16 Å². The van der Waals surface area contributed by atoms with Crippen LogP contribution in [0.15, 0.2) is 28.8 Å². The van der Waals surface area contributed by atoms with Gasteiger partial charge in [0.25, 0.3) is 0 Å². The molecule has 0 saturated carbocycles. The minimum atomic E-state index is -2.84. The molecule has 1 heterocycles. The van der Waals surface area contributed by atoms with E-state index in [0.29, 0.717) is 5.56 Å². The van der Waals surface area contributed by atoms with E-state index < -0.39 is 6.61 Å². The normalized spacial score (nSPS) is 12.7. The summed E-state index contributed by atoms with van der Waals surface area (Å²) < 4.78 is 33.6. The molecule has 0 aliphatic carbocycles. The summed E-state index contributed by atoms with van der Waals surface area (Å²) in [4.78, 5) is 0. The summed E-state index contributed by atoms with van der Waals surface area (Å²) in [6.45, 7) is 1.23. The van der Waals surface area contributed by atoms with E-state index in [0.717, 1.165) is 17.7 Å². The van der Waals surface area contributed by atoms with Crippen molar-refractivity contribution < 1.29 is 18.0 Å². The third-order valence-electron chi connectivity index (χ3n) is 3.19. The van der Waals surface area contributed by atoms with Gasteiger partial charge in [0, 0.05) is 5.92 Å². The van der Waals surface area contributed by atoms with Crippen molar-refractivity contribution in [2.24, 2.45) is 0 Å². The average molecular weight is 282 g/mol. The monoisotopic (exact) mass is 282 g/mol. The third-order valence-corrected chi connectivity index (χ3v) is 3.19. The SMILES string of the molecule is CCC(C)c1noc(N)c1-c1ccc(OC(F)F)cc1. The molecular weight excluding hydrogens is 266 g/mol. The molecule has 2 N–H and O–H groups in total. The van der Waals surface area contributed by atoms with Crippen molar-refractivity contribution in [2.45, 2.75) is 32.8 Å². The molecule has 0 saturated heterocycles. The summed E-state index contributed by atoms with van der Waals surface area (Å²) in [5, 5.41) is 3.98. The Labute approximate surface area is 115 Å². The second-order valence-electron chi connectivity index (χ2n) is 4.52. The maximum absolute atomic E-state index is 12.1. The molecule has 1 aromatic carbocycles. The summed E-state index contributed by atoms with van der Waals surface area (Å²) in [6.07, 6.45) is 0.894. The lowest BCUT2D eigenvalue weighted by atomic mass is 9.96. The summed E-state index contributed by atoms with van der Waals surface area (Å²) in [6, 6.07) is 6.25. The Morgan fingerprint density at radius 3 is 2.50 bits per heavy atom. The lowest BCUT2D eigenvalue weighted by Crippen LogP contribution is -2.01. The second-order valence-corrected chi connectivity index (χ2v) is 4.52. The molecule has 0 radical (unpaired) electrons. The third kappa shape index (κ3) is 2.89. The van der Waals surface area contributed by atoms with Gasteiger partial charge < -0.3 is 15.0 Å². The molecule has 0 amide bonds. The zero-order valence-corrected chi connectivity index (χ0v) is 11.3. The highest BCUT2D eigenvalue weighted by Crippen LogP contribution is 2.35. The molecule has 1 atom stereocenters. The first-order chi connectivity index (χ1) is 9.52. The molecule has 1 aromatic heterocycles. The first-order valence-electron chi connectivity index (χ1n) is 6.33. The number of anilines is 1. The number of rotatable bonds is 5. The maximum Gasteiger partial charge on any atom is 0.387 e. The molecule has 1 unspecified atom stereocenters. The predicted octanol–water partition coefficient (Wildman–Crippen LogP) is 4.04. The molecule has 0 fully saturated rings. The molecular formula is C14H16F2N2O2. The number of alkyl halides is 2. The predicted molar refractivity (Wildman–Crippen MR) is 71.7 cm³/mol. The number of halogens is 2. The summed E-state index contributed by atoms with van der Waals surface area (Å²) in [5.74, 6) is 0.523. The van der Waals surface area contributed by atoms with E-state index in [1.807, 2.05) is 13.8 Å². The molecule has 2 rings (SSSR count). The van der Waals surface area contributed by atoms with E-state index in [-0.39, 0.29) is 17.6 Å². The van der Waals surface area contributed by atoms with Crippen LogP contribution in [0.25, 0.3) is 11.1 Å². The van der Waals surface area contributed by atoms with E-state index in [2.05, 4.69) is 9.89 Å². The van der Waals surface area contributed by atoms with Crippen LogP contribution in [-0.2, 0) is 0 Å². The Morgan fingerprint density at radius 2 is 1.95 bits per heavy atom. The second kappa shape index (κ2) is 5.90. The van der Waals surface area contributed by atoms with Gasteiger partial charge in [-0.1, -0.05) is 31.1 Å². The van der Waals surface area contributed by atoms with E-state index in [1.165, 1.54) is 12.1 Å². The van der Waals surface area contributed by atoms with Crippen LogP contribution in [-0.4, -0.2) is 11.8 Å². The first kappa shape index (κ1) is 14.3. The van der Waals surface area contributed by atoms with Crippen LogP contribution >= 0.6 is 0 Å². The highest BCUT2D eigenvalue weighted by atomic mass is 19.3. The molecule has 0 aliphatic heterocycles. The molecule has 6 heteroatoms. The highest BCUT2D eigenvalue weighted by Gasteiger charge is 2.19. The van der Waals surface area contributed by atoms with E-state index in [1.54, 1.807) is 12.1 Å². The number of ether oxygens (including phenoxy) is 1. The number of hydrogen-bond acceptors (Lipinski definition) is 4. The summed E-state index contributed by atoms with van der Waals surface area (Å²) in [7, 11) is 0. The fraction of sp³-hybridized carbons (Fsp3) is 0.357. The minimum absolute atomic E-state index is 0.101. The number of aromatic nitrogens is 1. The number of hydrogen-bond donors (Lipinski definition) is 1. The number of nitrogen functional groups attached to an aromatic ring is 1. The lowest BCUT2D eigenvalue weighted by Gasteiger charge is -2.09. The Kier molecular flexibility index (Phi) is 4.22. The van der Waals surface area contributed by atoms with E-state index in [4.69, 9.17) is 10.3 Å². The first-order valence-corrected chi connectivity index (χ1v) is 6.33. The van der Waals surface area contributed by atoms with Crippen molar-refractivity contribution in [1.29, 1.82) is 0 Å². The Bertz CT molecular complexity index is 567. The molecule has 0 bridgehead atoms. The van der Waals surface area contributed by atoms with Gasteiger partial charge in [-0.2, -0.15) is 8.78 Å². The quantitative estimate of drug-likeness (QED) is 0.899. The molecule has 4 nitrogen and oxygen atoms in total. The van der Waals surface area contributed by atoms with E-state index in [9.17, 15) is 8.78 Å². The molecule has 108 valence electrons. The van der Waals surface area contributed by atoms with Crippen LogP contribution in [0.5, 0.6) is 5.75 Å². The van der Waals surface area contributed by atoms with Crippen LogP contribution in [0.4, 0.5) is 14.7 Å². The average Bonchev–Trinajstić information content (AvgIpc) is 2.80. The minimum Gasteiger partial charge on any atom is -0.435 e. The van der Waals surface area contributed by atoms with Crippen molar-refractivity contribution in [3.63, 3.8) is 0 Å². The fourth-order valence-corrected chi connectivity index (χ4v) is 1.94. The van der Waals surface area contributed by atoms with E-state index >= 15 is 0 Å². The van der Waals surface area contributed by atoms with Gasteiger partial charge in [0.15, 0.2) is 0 Å². The van der Waals surface area contributed by atoms with Crippen molar-refractivity contribution in [2.75, 3.05) is 5.73 Å². The zero-order valence-electron chi connectivity index (χ0n) is 11.3. The van der Waals surface area contributed by atoms with Crippen LogP contribution in [0, 0.1) is 0 Å². The van der Waals surface area contributed by atoms with Gasteiger partial charge in [0.2, 0.25) is 5.88 Å². The number of benzene rings is 1. The molecule has 0 spiro atoms. The van der Waals surface area contributed by atoms with Gasteiger partial charge in [-0.25, -0.2) is 0 Å². The van der Waals surface area contributed by atoms with Gasteiger partial charge >= 0.3 is 6.61 Å². The largest absolute Gasteiger partial charge is 0.435 e. The maximum atomic E-state index is 12.1. The van der Waals surface area contributed by atoms with Gasteiger partial charge in [0.1, 0.15) is 5.75 Å². The van der Waals surface area contributed by atoms with Gasteiger partial charge in [-0.05, 0) is 24.1 Å². The van der Waals surface area contributed by atoms with Gasteiger partial charge in [-0.3, -0.25) is 0 Å². The zero-order chi connectivity index (χ0) is 14.7. The Balaban J connectivity index is 2.34. The number of nitrogens with zero attached hydrogens (tertiary/aromatic N) is 1. The highest BCUT2D eigenvalue weighted by molar-refractivity contribution is 5.75. The fourth-order valence-electron chi connectivity index (χ4n) is 1.94. The molecule has 20 heavy (non-hydrogen) atoms. The van der Waals surface area contributed by atoms with Crippen molar-refractivity contribution in [3.05, 3.63) is 30.0 Å². The Morgan fingerprint density at radius 1 is 1.30 bits per heavy atom. The van der Waals surface area contributed by atoms with Crippen LogP contribution < -0.4 is 10.5 Å². The van der Waals surface area contributed by atoms with Crippen LogP contribution in [0.2, 0.25) is 0 Å². The van der Waals surface area contributed by atoms with Gasteiger partial charge in [-0.15, -0.1) is 0 Å². The van der Waals surface area contributed by atoms with Crippen molar-refractivity contribution >= 4 is 5.88 Å². The lowest BCUT2D eigenvalue weighted by molar-refractivity contribution is -0.0498. The van der Waals surface area contributed by atoms with Gasteiger partial charge in [0.05, 0.1) is 11.3 Å². The topological polar surface area (TPSA) is 61.3 Å². The van der Waals surface area contributed by atoms with Crippen molar-refractivity contribution in [3.8, 4) is 16.9 Å². The molecule has 0 aliphatic rings. The standard InChI is InChI=1S/C14H16F2N2O2/c1-3-8(2)12-11(13(17)20-18-12)9-4-6-10(7-5-9)19-14(15)16/h4-8,14H,3,17H2,1-2H3. The van der Waals surface area contributed by atoms with Crippen LogP contribution in [0.3, 0.4) is 0 Å².